The predicted octanol–water partition coefficient (Wildman–Crippen LogP) is 4.22. The number of thiazole rings is 1. The molecule has 0 bridgehead atoms. The van der Waals surface area contributed by atoms with Crippen LogP contribution in [-0.2, 0) is 13.1 Å². The van der Waals surface area contributed by atoms with Gasteiger partial charge in [-0.2, -0.15) is 0 Å². The van der Waals surface area contributed by atoms with Crippen LogP contribution in [0.2, 0.25) is 0 Å². The zero-order valence-corrected chi connectivity index (χ0v) is 12.1. The summed E-state index contributed by atoms with van der Waals surface area (Å²) in [6.45, 7) is 1.76. The van der Waals surface area contributed by atoms with Crippen LogP contribution < -0.4 is 5.32 Å². The third kappa shape index (κ3) is 2.87. The lowest BCUT2D eigenvalue weighted by atomic mass is 10.4. The fourth-order valence-corrected chi connectivity index (χ4v) is 4.01. The van der Waals surface area contributed by atoms with Crippen molar-refractivity contribution in [2.75, 3.05) is 0 Å². The van der Waals surface area contributed by atoms with Crippen LogP contribution in [0.4, 0.5) is 0 Å². The maximum absolute atomic E-state index is 4.46. The Balaban J connectivity index is 1.57. The molecular weight excluding hydrogens is 280 g/mol. The highest BCUT2D eigenvalue weighted by atomic mass is 32.1. The number of nitrogens with one attached hydrogen (secondary N) is 1. The molecule has 5 heteroatoms. The van der Waals surface area contributed by atoms with Crippen molar-refractivity contribution in [1.29, 1.82) is 0 Å². The molecule has 0 aromatic carbocycles. The molecule has 0 spiro atoms. The van der Waals surface area contributed by atoms with E-state index >= 15 is 0 Å². The molecule has 92 valence electrons. The average molecular weight is 292 g/mol. The van der Waals surface area contributed by atoms with Gasteiger partial charge in [0.2, 0.25) is 0 Å². The minimum Gasteiger partial charge on any atom is -0.306 e. The van der Waals surface area contributed by atoms with Gasteiger partial charge in [0.05, 0.1) is 4.88 Å². The van der Waals surface area contributed by atoms with E-state index < -0.39 is 0 Å². The van der Waals surface area contributed by atoms with Crippen LogP contribution in [0.25, 0.3) is 9.75 Å². The molecule has 0 amide bonds. The van der Waals surface area contributed by atoms with E-state index in [-0.39, 0.29) is 0 Å². The normalized spacial score (nSPS) is 10.9. The molecule has 1 N–H and O–H groups in total. The van der Waals surface area contributed by atoms with Gasteiger partial charge in [-0.1, -0.05) is 12.1 Å². The highest BCUT2D eigenvalue weighted by molar-refractivity contribution is 7.21. The Bertz CT molecular complexity index is 582. The van der Waals surface area contributed by atoms with E-state index in [1.54, 1.807) is 34.0 Å². The zero-order chi connectivity index (χ0) is 12.2. The van der Waals surface area contributed by atoms with Gasteiger partial charge in [0.15, 0.2) is 0 Å². The molecule has 0 aliphatic rings. The van der Waals surface area contributed by atoms with E-state index in [4.69, 9.17) is 0 Å². The first-order valence-corrected chi connectivity index (χ1v) is 8.21. The molecule has 0 radical (unpaired) electrons. The molecule has 3 rings (SSSR count). The topological polar surface area (TPSA) is 24.9 Å². The van der Waals surface area contributed by atoms with Gasteiger partial charge in [-0.3, -0.25) is 0 Å². The van der Waals surface area contributed by atoms with Crippen molar-refractivity contribution in [3.63, 3.8) is 0 Å². The maximum Gasteiger partial charge on any atom is 0.107 e. The Morgan fingerprint density at radius 3 is 2.67 bits per heavy atom. The Hall–Kier alpha value is -1.01. The number of aromatic nitrogens is 1. The molecule has 18 heavy (non-hydrogen) atoms. The standard InChI is InChI=1S/C13H12N2S3/c1-3-10(16-5-1)7-14-9-13-15-8-12(18-13)11-4-2-6-17-11/h1-6,8,14H,7,9H2. The van der Waals surface area contributed by atoms with Crippen LogP contribution in [0.3, 0.4) is 0 Å². The lowest BCUT2D eigenvalue weighted by molar-refractivity contribution is 0.697. The van der Waals surface area contributed by atoms with E-state index in [1.807, 2.05) is 6.20 Å². The van der Waals surface area contributed by atoms with Crippen molar-refractivity contribution >= 4 is 34.0 Å². The molecule has 3 aromatic rings. The first-order valence-electron chi connectivity index (χ1n) is 5.63. The molecule has 0 saturated carbocycles. The van der Waals surface area contributed by atoms with Crippen LogP contribution in [0, 0.1) is 0 Å². The third-order valence-corrected chi connectivity index (χ3v) is 5.41. The summed E-state index contributed by atoms with van der Waals surface area (Å²) in [6, 6.07) is 8.45. The second-order valence-electron chi connectivity index (χ2n) is 3.78. The van der Waals surface area contributed by atoms with E-state index in [1.165, 1.54) is 14.6 Å². The Labute approximate surface area is 118 Å². The largest absolute Gasteiger partial charge is 0.306 e. The monoisotopic (exact) mass is 292 g/mol. The zero-order valence-electron chi connectivity index (χ0n) is 9.63. The first kappa shape index (κ1) is 12.0. The smallest absolute Gasteiger partial charge is 0.107 e. The second kappa shape index (κ2) is 5.75. The number of hydrogen-bond acceptors (Lipinski definition) is 5. The molecule has 0 saturated heterocycles. The maximum atomic E-state index is 4.46. The predicted molar refractivity (Wildman–Crippen MR) is 80.3 cm³/mol. The minimum absolute atomic E-state index is 0.841. The third-order valence-electron chi connectivity index (χ3n) is 2.47. The van der Waals surface area contributed by atoms with E-state index in [2.05, 4.69) is 45.3 Å². The van der Waals surface area contributed by atoms with E-state index in [9.17, 15) is 0 Å². The number of thiophene rings is 2. The lowest BCUT2D eigenvalue weighted by Crippen LogP contribution is -2.11. The molecule has 3 heterocycles. The van der Waals surface area contributed by atoms with Crippen molar-refractivity contribution in [2.45, 2.75) is 13.1 Å². The van der Waals surface area contributed by atoms with Crippen molar-refractivity contribution in [2.24, 2.45) is 0 Å². The van der Waals surface area contributed by atoms with Gasteiger partial charge in [-0.05, 0) is 22.9 Å². The van der Waals surface area contributed by atoms with Gasteiger partial charge in [0, 0.05) is 29.0 Å². The summed E-state index contributed by atoms with van der Waals surface area (Å²) in [7, 11) is 0. The van der Waals surface area contributed by atoms with Gasteiger partial charge in [-0.25, -0.2) is 4.98 Å². The molecule has 0 unspecified atom stereocenters. The van der Waals surface area contributed by atoms with Crippen molar-refractivity contribution in [3.05, 3.63) is 51.1 Å². The molecule has 0 atom stereocenters. The van der Waals surface area contributed by atoms with Crippen molar-refractivity contribution < 1.29 is 0 Å². The molecule has 2 nitrogen and oxygen atoms in total. The summed E-state index contributed by atoms with van der Waals surface area (Å²) < 4.78 is 0. The van der Waals surface area contributed by atoms with Crippen LogP contribution in [0.15, 0.2) is 41.2 Å². The summed E-state index contributed by atoms with van der Waals surface area (Å²) in [4.78, 5) is 8.39. The van der Waals surface area contributed by atoms with Crippen molar-refractivity contribution in [1.82, 2.24) is 10.3 Å². The number of nitrogens with zero attached hydrogens (tertiary/aromatic N) is 1. The summed E-state index contributed by atoms with van der Waals surface area (Å²) in [5.74, 6) is 0. The fraction of sp³-hybridized carbons (Fsp3) is 0.154. The van der Waals surface area contributed by atoms with Gasteiger partial charge < -0.3 is 5.32 Å². The van der Waals surface area contributed by atoms with Crippen LogP contribution in [-0.4, -0.2) is 4.98 Å². The summed E-state index contributed by atoms with van der Waals surface area (Å²) >= 11 is 5.31. The molecule has 0 aliphatic heterocycles. The van der Waals surface area contributed by atoms with Crippen LogP contribution in [0.5, 0.6) is 0 Å². The second-order valence-corrected chi connectivity index (χ2v) is 6.87. The summed E-state index contributed by atoms with van der Waals surface area (Å²) in [6.07, 6.45) is 1.97. The summed E-state index contributed by atoms with van der Waals surface area (Å²) in [5, 5.41) is 8.78. The fourth-order valence-electron chi connectivity index (χ4n) is 1.63. The first-order chi connectivity index (χ1) is 8.92. The molecule has 0 aliphatic carbocycles. The van der Waals surface area contributed by atoms with E-state index in [0.717, 1.165) is 18.1 Å². The molecule has 3 aromatic heterocycles. The Morgan fingerprint density at radius 2 is 1.89 bits per heavy atom. The minimum atomic E-state index is 0.841. The lowest BCUT2D eigenvalue weighted by Gasteiger charge is -1.98. The molecular formula is C13H12N2S3. The highest BCUT2D eigenvalue weighted by Crippen LogP contribution is 2.29. The number of hydrogen-bond donors (Lipinski definition) is 1. The van der Waals surface area contributed by atoms with Crippen molar-refractivity contribution in [3.8, 4) is 9.75 Å². The summed E-state index contributed by atoms with van der Waals surface area (Å²) in [5.41, 5.74) is 0. The van der Waals surface area contributed by atoms with Crippen LogP contribution >= 0.6 is 34.0 Å². The molecule has 0 fully saturated rings. The van der Waals surface area contributed by atoms with Gasteiger partial charge >= 0.3 is 0 Å². The Kier molecular flexibility index (Phi) is 3.85. The van der Waals surface area contributed by atoms with Gasteiger partial charge in [0.1, 0.15) is 5.01 Å². The van der Waals surface area contributed by atoms with Gasteiger partial charge in [0.25, 0.3) is 0 Å². The quantitative estimate of drug-likeness (QED) is 0.761. The van der Waals surface area contributed by atoms with Gasteiger partial charge in [-0.15, -0.1) is 34.0 Å². The van der Waals surface area contributed by atoms with Crippen LogP contribution in [0.1, 0.15) is 9.88 Å². The number of rotatable bonds is 5. The average Bonchev–Trinajstić information content (AvgIpc) is 3.12. The van der Waals surface area contributed by atoms with E-state index in [0.29, 0.717) is 0 Å². The SMILES string of the molecule is c1csc(CNCc2ncc(-c3cccs3)s2)c1. The Morgan fingerprint density at radius 1 is 1.00 bits per heavy atom. The highest BCUT2D eigenvalue weighted by Gasteiger charge is 2.04.